The van der Waals surface area contributed by atoms with E-state index in [9.17, 15) is 4.79 Å². The number of aromatic nitrogens is 1. The number of nitrogens with zero attached hydrogens (tertiary/aromatic N) is 1. The van der Waals surface area contributed by atoms with Crippen molar-refractivity contribution >= 4 is 33.2 Å². The van der Waals surface area contributed by atoms with Crippen molar-refractivity contribution in [2.24, 2.45) is 5.73 Å². The SMILES string of the molecule is CCC(NC(=O)c1csc(C(C)N)n1)c1ccc(Br)cc1. The molecule has 1 heterocycles. The first kappa shape index (κ1) is 16.1. The van der Waals surface area contributed by atoms with Gasteiger partial charge in [-0.15, -0.1) is 11.3 Å². The number of hydrogen-bond acceptors (Lipinski definition) is 4. The molecule has 1 amide bonds. The molecule has 0 aliphatic rings. The molecule has 0 spiro atoms. The third kappa shape index (κ3) is 4.12. The molecule has 2 aromatic rings. The van der Waals surface area contributed by atoms with E-state index in [0.29, 0.717) is 5.69 Å². The monoisotopic (exact) mass is 367 g/mol. The van der Waals surface area contributed by atoms with Gasteiger partial charge in [-0.2, -0.15) is 0 Å². The number of carbonyl (C=O) groups excluding carboxylic acids is 1. The lowest BCUT2D eigenvalue weighted by Crippen LogP contribution is -2.28. The number of hydrogen-bond donors (Lipinski definition) is 2. The Labute approximate surface area is 136 Å². The van der Waals surface area contributed by atoms with Gasteiger partial charge in [0.15, 0.2) is 0 Å². The summed E-state index contributed by atoms with van der Waals surface area (Å²) in [6, 6.07) is 7.79. The van der Waals surface area contributed by atoms with Crippen molar-refractivity contribution in [3.05, 3.63) is 50.4 Å². The highest BCUT2D eigenvalue weighted by atomic mass is 79.9. The lowest BCUT2D eigenvalue weighted by atomic mass is 10.0. The van der Waals surface area contributed by atoms with Crippen LogP contribution in [0.5, 0.6) is 0 Å². The summed E-state index contributed by atoms with van der Waals surface area (Å²) in [5.74, 6) is -0.159. The molecule has 0 saturated carbocycles. The van der Waals surface area contributed by atoms with E-state index in [1.165, 1.54) is 11.3 Å². The third-order valence-electron chi connectivity index (χ3n) is 3.13. The molecule has 2 rings (SSSR count). The van der Waals surface area contributed by atoms with E-state index in [-0.39, 0.29) is 18.0 Å². The van der Waals surface area contributed by atoms with Gasteiger partial charge in [0.05, 0.1) is 12.1 Å². The summed E-state index contributed by atoms with van der Waals surface area (Å²) < 4.78 is 1.02. The van der Waals surface area contributed by atoms with E-state index < -0.39 is 0 Å². The Kier molecular flexibility index (Phi) is 5.50. The molecular weight excluding hydrogens is 350 g/mol. The highest BCUT2D eigenvalue weighted by Crippen LogP contribution is 2.21. The number of nitrogens with one attached hydrogen (secondary N) is 1. The molecule has 3 N–H and O–H groups in total. The molecule has 0 aliphatic heterocycles. The average Bonchev–Trinajstić information content (AvgIpc) is 2.96. The van der Waals surface area contributed by atoms with Gasteiger partial charge < -0.3 is 11.1 Å². The average molecular weight is 368 g/mol. The Morgan fingerprint density at radius 3 is 2.62 bits per heavy atom. The van der Waals surface area contributed by atoms with Gasteiger partial charge in [-0.05, 0) is 31.0 Å². The Morgan fingerprint density at radius 2 is 2.10 bits per heavy atom. The molecule has 0 radical (unpaired) electrons. The Morgan fingerprint density at radius 1 is 1.43 bits per heavy atom. The number of nitrogens with two attached hydrogens (primary N) is 1. The first-order chi connectivity index (χ1) is 10.0. The quantitative estimate of drug-likeness (QED) is 0.843. The van der Waals surface area contributed by atoms with Gasteiger partial charge in [0.1, 0.15) is 10.7 Å². The van der Waals surface area contributed by atoms with Crippen LogP contribution in [0.15, 0.2) is 34.1 Å². The van der Waals surface area contributed by atoms with Gasteiger partial charge in [-0.1, -0.05) is 35.0 Å². The standard InChI is InChI=1S/C15H18BrN3OS/c1-3-12(10-4-6-11(16)7-5-10)18-14(20)13-8-21-15(19-13)9(2)17/h4-9,12H,3,17H2,1-2H3,(H,18,20). The van der Waals surface area contributed by atoms with Gasteiger partial charge in [-0.25, -0.2) is 4.98 Å². The number of carbonyl (C=O) groups is 1. The van der Waals surface area contributed by atoms with Gasteiger partial charge in [0, 0.05) is 9.85 Å². The molecule has 112 valence electrons. The molecule has 1 aromatic carbocycles. The second kappa shape index (κ2) is 7.15. The Bertz CT molecular complexity index is 610. The summed E-state index contributed by atoms with van der Waals surface area (Å²) in [6.45, 7) is 3.90. The number of rotatable bonds is 5. The maximum Gasteiger partial charge on any atom is 0.271 e. The minimum Gasteiger partial charge on any atom is -0.344 e. The van der Waals surface area contributed by atoms with Crippen molar-refractivity contribution in [1.29, 1.82) is 0 Å². The first-order valence-electron chi connectivity index (χ1n) is 6.78. The van der Waals surface area contributed by atoms with Crippen LogP contribution in [-0.2, 0) is 0 Å². The molecule has 21 heavy (non-hydrogen) atoms. The second-order valence-electron chi connectivity index (χ2n) is 4.85. The van der Waals surface area contributed by atoms with Gasteiger partial charge >= 0.3 is 0 Å². The molecule has 0 saturated heterocycles. The highest BCUT2D eigenvalue weighted by molar-refractivity contribution is 9.10. The summed E-state index contributed by atoms with van der Waals surface area (Å²) in [4.78, 5) is 16.6. The van der Waals surface area contributed by atoms with Crippen LogP contribution in [-0.4, -0.2) is 10.9 Å². The molecule has 0 bridgehead atoms. The molecule has 0 fully saturated rings. The van der Waals surface area contributed by atoms with Crippen LogP contribution >= 0.6 is 27.3 Å². The van der Waals surface area contributed by atoms with Crippen molar-refractivity contribution in [3.8, 4) is 0 Å². The largest absolute Gasteiger partial charge is 0.344 e. The maximum absolute atomic E-state index is 12.3. The first-order valence-corrected chi connectivity index (χ1v) is 8.45. The molecular formula is C15H18BrN3OS. The van der Waals surface area contributed by atoms with Gasteiger partial charge in [-0.3, -0.25) is 4.79 Å². The number of thiazole rings is 1. The fourth-order valence-corrected chi connectivity index (χ4v) is 2.97. The predicted octanol–water partition coefficient (Wildman–Crippen LogP) is 3.81. The summed E-state index contributed by atoms with van der Waals surface area (Å²) in [7, 11) is 0. The lowest BCUT2D eigenvalue weighted by molar-refractivity contribution is 0.0931. The zero-order valence-corrected chi connectivity index (χ0v) is 14.4. The zero-order chi connectivity index (χ0) is 15.4. The zero-order valence-electron chi connectivity index (χ0n) is 12.0. The predicted molar refractivity (Wildman–Crippen MR) is 89.4 cm³/mol. The summed E-state index contributed by atoms with van der Waals surface area (Å²) in [5, 5.41) is 5.55. The van der Waals surface area contributed by atoms with Crippen LogP contribution < -0.4 is 11.1 Å². The fraction of sp³-hybridized carbons (Fsp3) is 0.333. The molecule has 1 aromatic heterocycles. The normalized spacial score (nSPS) is 13.7. The second-order valence-corrected chi connectivity index (χ2v) is 6.65. The molecule has 6 heteroatoms. The van der Waals surface area contributed by atoms with Crippen LogP contribution in [0, 0.1) is 0 Å². The van der Waals surface area contributed by atoms with E-state index in [4.69, 9.17) is 5.73 Å². The highest BCUT2D eigenvalue weighted by Gasteiger charge is 2.17. The molecule has 0 aliphatic carbocycles. The molecule has 2 unspecified atom stereocenters. The maximum atomic E-state index is 12.3. The van der Waals surface area contributed by atoms with Crippen LogP contribution in [0.4, 0.5) is 0 Å². The molecule has 2 atom stereocenters. The summed E-state index contributed by atoms with van der Waals surface area (Å²) in [5.41, 5.74) is 7.29. The van der Waals surface area contributed by atoms with Crippen molar-refractivity contribution in [2.45, 2.75) is 32.4 Å². The number of halogens is 1. The fourth-order valence-electron chi connectivity index (χ4n) is 1.95. The number of benzene rings is 1. The van der Waals surface area contributed by atoms with Crippen molar-refractivity contribution in [1.82, 2.24) is 10.3 Å². The van der Waals surface area contributed by atoms with Crippen LogP contribution in [0.3, 0.4) is 0 Å². The van der Waals surface area contributed by atoms with Crippen molar-refractivity contribution in [3.63, 3.8) is 0 Å². The minimum atomic E-state index is -0.159. The topological polar surface area (TPSA) is 68.0 Å². The van der Waals surface area contributed by atoms with E-state index in [1.54, 1.807) is 5.38 Å². The van der Waals surface area contributed by atoms with Gasteiger partial charge in [0.2, 0.25) is 0 Å². The summed E-state index contributed by atoms with van der Waals surface area (Å²) in [6.07, 6.45) is 0.817. The minimum absolute atomic E-state index is 0.0222. The lowest BCUT2D eigenvalue weighted by Gasteiger charge is -2.16. The Hall–Kier alpha value is -1.24. The van der Waals surface area contributed by atoms with E-state index >= 15 is 0 Å². The molecule has 4 nitrogen and oxygen atoms in total. The van der Waals surface area contributed by atoms with E-state index in [1.807, 2.05) is 38.1 Å². The van der Waals surface area contributed by atoms with Crippen LogP contribution in [0.25, 0.3) is 0 Å². The summed E-state index contributed by atoms with van der Waals surface area (Å²) >= 11 is 4.83. The Balaban J connectivity index is 2.10. The van der Waals surface area contributed by atoms with Crippen molar-refractivity contribution < 1.29 is 4.79 Å². The van der Waals surface area contributed by atoms with Crippen molar-refractivity contribution in [2.75, 3.05) is 0 Å². The third-order valence-corrected chi connectivity index (χ3v) is 4.70. The van der Waals surface area contributed by atoms with Gasteiger partial charge in [0.25, 0.3) is 5.91 Å². The van der Waals surface area contributed by atoms with Crippen LogP contribution in [0.2, 0.25) is 0 Å². The van der Waals surface area contributed by atoms with E-state index in [2.05, 4.69) is 26.2 Å². The number of amides is 1. The van der Waals surface area contributed by atoms with E-state index in [0.717, 1.165) is 21.5 Å². The smallest absolute Gasteiger partial charge is 0.271 e. The van der Waals surface area contributed by atoms with Crippen LogP contribution in [0.1, 0.15) is 53.4 Å².